The Morgan fingerprint density at radius 1 is 1.38 bits per heavy atom. The zero-order chi connectivity index (χ0) is 15.4. The molecule has 0 spiro atoms. The molecular formula is C15H19N3O3. The van der Waals surface area contributed by atoms with Crippen molar-refractivity contribution in [3.05, 3.63) is 29.5 Å². The smallest absolute Gasteiger partial charge is 0.265 e. The van der Waals surface area contributed by atoms with Gasteiger partial charge < -0.3 is 20.8 Å². The van der Waals surface area contributed by atoms with Gasteiger partial charge in [-0.05, 0) is 30.2 Å². The SMILES string of the molecule is CCC(=O)NCCc1c(C(N)=O)[nH]c2ccc(OC)cc12. The third-order valence-electron chi connectivity index (χ3n) is 3.38. The summed E-state index contributed by atoms with van der Waals surface area (Å²) in [5.74, 6) is 0.173. The van der Waals surface area contributed by atoms with Crippen LogP contribution in [0.25, 0.3) is 10.9 Å². The molecule has 0 bridgehead atoms. The Kier molecular flexibility index (Phi) is 4.47. The monoisotopic (exact) mass is 289 g/mol. The number of benzene rings is 1. The molecule has 0 aliphatic carbocycles. The molecule has 0 aliphatic heterocycles. The molecule has 2 aromatic rings. The number of carbonyl (C=O) groups excluding carboxylic acids is 2. The van der Waals surface area contributed by atoms with Gasteiger partial charge in [-0.15, -0.1) is 0 Å². The third-order valence-corrected chi connectivity index (χ3v) is 3.38. The average Bonchev–Trinajstić information content (AvgIpc) is 2.85. The van der Waals surface area contributed by atoms with E-state index in [0.717, 1.165) is 16.5 Å². The molecule has 2 rings (SSSR count). The molecule has 21 heavy (non-hydrogen) atoms. The summed E-state index contributed by atoms with van der Waals surface area (Å²) in [5.41, 5.74) is 7.42. The van der Waals surface area contributed by atoms with Gasteiger partial charge in [-0.1, -0.05) is 6.92 Å². The molecule has 0 saturated carbocycles. The van der Waals surface area contributed by atoms with Crippen molar-refractivity contribution in [2.75, 3.05) is 13.7 Å². The number of fused-ring (bicyclic) bond motifs is 1. The van der Waals surface area contributed by atoms with Crippen molar-refractivity contribution in [3.8, 4) is 5.75 Å². The molecule has 4 N–H and O–H groups in total. The summed E-state index contributed by atoms with van der Waals surface area (Å²) in [4.78, 5) is 25.9. The number of aromatic amines is 1. The number of aromatic nitrogens is 1. The molecular weight excluding hydrogens is 270 g/mol. The van der Waals surface area contributed by atoms with Crippen LogP contribution in [0.5, 0.6) is 5.75 Å². The summed E-state index contributed by atoms with van der Waals surface area (Å²) in [5, 5.41) is 3.68. The van der Waals surface area contributed by atoms with Gasteiger partial charge in [0.1, 0.15) is 11.4 Å². The molecule has 0 unspecified atom stereocenters. The topological polar surface area (TPSA) is 97.2 Å². The molecule has 1 aromatic heterocycles. The Morgan fingerprint density at radius 3 is 2.76 bits per heavy atom. The first-order valence-corrected chi connectivity index (χ1v) is 6.82. The van der Waals surface area contributed by atoms with E-state index in [0.29, 0.717) is 30.8 Å². The van der Waals surface area contributed by atoms with E-state index in [2.05, 4.69) is 10.3 Å². The Bertz CT molecular complexity index is 676. The number of methoxy groups -OCH3 is 1. The lowest BCUT2D eigenvalue weighted by Crippen LogP contribution is -2.25. The van der Waals surface area contributed by atoms with E-state index in [9.17, 15) is 9.59 Å². The first-order chi connectivity index (χ1) is 10.1. The highest BCUT2D eigenvalue weighted by molar-refractivity contribution is 6.00. The lowest BCUT2D eigenvalue weighted by atomic mass is 10.1. The van der Waals surface area contributed by atoms with Gasteiger partial charge in [-0.2, -0.15) is 0 Å². The van der Waals surface area contributed by atoms with Crippen LogP contribution in [0, 0.1) is 0 Å². The molecule has 112 valence electrons. The average molecular weight is 289 g/mol. The van der Waals surface area contributed by atoms with Crippen LogP contribution in [0.15, 0.2) is 18.2 Å². The Hall–Kier alpha value is -2.50. The molecule has 0 atom stereocenters. The second-order valence-corrected chi connectivity index (χ2v) is 4.71. The maximum Gasteiger partial charge on any atom is 0.265 e. The predicted molar refractivity (Wildman–Crippen MR) is 80.4 cm³/mol. The van der Waals surface area contributed by atoms with Crippen molar-refractivity contribution in [3.63, 3.8) is 0 Å². The van der Waals surface area contributed by atoms with Gasteiger partial charge in [-0.3, -0.25) is 9.59 Å². The second-order valence-electron chi connectivity index (χ2n) is 4.71. The van der Waals surface area contributed by atoms with E-state index in [-0.39, 0.29) is 5.91 Å². The maximum absolute atomic E-state index is 11.6. The molecule has 2 amide bonds. The van der Waals surface area contributed by atoms with Gasteiger partial charge in [-0.25, -0.2) is 0 Å². The Morgan fingerprint density at radius 2 is 2.14 bits per heavy atom. The zero-order valence-corrected chi connectivity index (χ0v) is 12.2. The molecule has 6 nitrogen and oxygen atoms in total. The van der Waals surface area contributed by atoms with Gasteiger partial charge >= 0.3 is 0 Å². The van der Waals surface area contributed by atoms with Crippen molar-refractivity contribution >= 4 is 22.7 Å². The van der Waals surface area contributed by atoms with E-state index >= 15 is 0 Å². The number of hydrogen-bond acceptors (Lipinski definition) is 3. The molecule has 1 aromatic carbocycles. The van der Waals surface area contributed by atoms with Gasteiger partial charge in [0.15, 0.2) is 0 Å². The van der Waals surface area contributed by atoms with E-state index in [4.69, 9.17) is 10.5 Å². The lowest BCUT2D eigenvalue weighted by Gasteiger charge is -2.05. The fourth-order valence-electron chi connectivity index (χ4n) is 2.28. The fourth-order valence-corrected chi connectivity index (χ4v) is 2.28. The fraction of sp³-hybridized carbons (Fsp3) is 0.333. The van der Waals surface area contributed by atoms with Crippen LogP contribution in [0.3, 0.4) is 0 Å². The highest BCUT2D eigenvalue weighted by Gasteiger charge is 2.16. The largest absolute Gasteiger partial charge is 0.497 e. The number of H-pyrrole nitrogens is 1. The summed E-state index contributed by atoms with van der Waals surface area (Å²) in [6.07, 6.45) is 0.960. The van der Waals surface area contributed by atoms with E-state index in [1.165, 1.54) is 0 Å². The van der Waals surface area contributed by atoms with Crippen molar-refractivity contribution in [1.82, 2.24) is 10.3 Å². The van der Waals surface area contributed by atoms with Crippen LogP contribution in [0.1, 0.15) is 29.4 Å². The van der Waals surface area contributed by atoms with Crippen molar-refractivity contribution < 1.29 is 14.3 Å². The molecule has 0 radical (unpaired) electrons. The van der Waals surface area contributed by atoms with Crippen molar-refractivity contribution in [2.24, 2.45) is 5.73 Å². The van der Waals surface area contributed by atoms with Crippen LogP contribution in [0.4, 0.5) is 0 Å². The van der Waals surface area contributed by atoms with Crippen LogP contribution >= 0.6 is 0 Å². The minimum absolute atomic E-state index is 0.0203. The number of carbonyl (C=O) groups is 2. The highest BCUT2D eigenvalue weighted by Crippen LogP contribution is 2.26. The van der Waals surface area contributed by atoms with Gasteiger partial charge in [0.25, 0.3) is 5.91 Å². The summed E-state index contributed by atoms with van der Waals surface area (Å²) >= 11 is 0. The molecule has 6 heteroatoms. The minimum atomic E-state index is -0.512. The highest BCUT2D eigenvalue weighted by atomic mass is 16.5. The van der Waals surface area contributed by atoms with Crippen LogP contribution in [-0.2, 0) is 11.2 Å². The standard InChI is InChI=1S/C15H19N3O3/c1-3-13(19)17-7-6-10-11-8-9(21-2)4-5-12(11)18-14(10)15(16)20/h4-5,8,18H,3,6-7H2,1-2H3,(H2,16,20)(H,17,19). The summed E-state index contributed by atoms with van der Waals surface area (Å²) in [6.45, 7) is 2.25. The molecule has 0 fully saturated rings. The lowest BCUT2D eigenvalue weighted by molar-refractivity contribution is -0.120. The zero-order valence-electron chi connectivity index (χ0n) is 12.2. The number of amides is 2. The van der Waals surface area contributed by atoms with E-state index in [1.807, 2.05) is 18.2 Å². The molecule has 0 saturated heterocycles. The number of primary amides is 1. The summed E-state index contributed by atoms with van der Waals surface area (Å²) < 4.78 is 5.21. The van der Waals surface area contributed by atoms with Gasteiger partial charge in [0.2, 0.25) is 5.91 Å². The first-order valence-electron chi connectivity index (χ1n) is 6.82. The van der Waals surface area contributed by atoms with E-state index < -0.39 is 5.91 Å². The van der Waals surface area contributed by atoms with Crippen LogP contribution < -0.4 is 15.8 Å². The van der Waals surface area contributed by atoms with Gasteiger partial charge in [0.05, 0.1) is 7.11 Å². The summed E-state index contributed by atoms with van der Waals surface area (Å²) in [6, 6.07) is 5.51. The number of ether oxygens (including phenoxy) is 1. The second kappa shape index (κ2) is 6.30. The number of nitrogens with two attached hydrogens (primary N) is 1. The molecule has 1 heterocycles. The van der Waals surface area contributed by atoms with Gasteiger partial charge in [0, 0.05) is 23.9 Å². The predicted octanol–water partition coefficient (Wildman–Crippen LogP) is 1.34. The maximum atomic E-state index is 11.6. The Labute approximate surface area is 122 Å². The quantitative estimate of drug-likeness (QED) is 0.748. The third kappa shape index (κ3) is 3.16. The first kappa shape index (κ1) is 14.9. The molecule has 0 aliphatic rings. The number of rotatable bonds is 6. The van der Waals surface area contributed by atoms with Crippen molar-refractivity contribution in [2.45, 2.75) is 19.8 Å². The van der Waals surface area contributed by atoms with E-state index in [1.54, 1.807) is 14.0 Å². The normalized spacial score (nSPS) is 10.6. The Balaban J connectivity index is 2.35. The van der Waals surface area contributed by atoms with Crippen LogP contribution in [-0.4, -0.2) is 30.5 Å². The minimum Gasteiger partial charge on any atom is -0.497 e. The number of nitrogens with one attached hydrogen (secondary N) is 2. The summed E-state index contributed by atoms with van der Waals surface area (Å²) in [7, 11) is 1.59. The van der Waals surface area contributed by atoms with Crippen molar-refractivity contribution in [1.29, 1.82) is 0 Å². The number of hydrogen-bond donors (Lipinski definition) is 3. The van der Waals surface area contributed by atoms with Crippen LogP contribution in [0.2, 0.25) is 0 Å².